The van der Waals surface area contributed by atoms with Gasteiger partial charge in [0, 0.05) is 0 Å². The minimum atomic E-state index is -1.14. The van der Waals surface area contributed by atoms with Crippen molar-refractivity contribution >= 4 is 11.2 Å². The third kappa shape index (κ3) is 1.66. The average molecular weight is 252 g/mol. The normalized spacial score (nSPS) is 32.2. The SMILES string of the molecule is OCC1OC(c2nc3ncncc3[nH]2)C(O)C1O. The van der Waals surface area contributed by atoms with Crippen molar-refractivity contribution in [3.05, 3.63) is 18.3 Å². The molecule has 0 spiro atoms. The topological polar surface area (TPSA) is 124 Å². The molecule has 1 fully saturated rings. The molecule has 2 aromatic rings. The van der Waals surface area contributed by atoms with Gasteiger partial charge < -0.3 is 25.0 Å². The Labute approximate surface area is 101 Å². The summed E-state index contributed by atoms with van der Waals surface area (Å²) in [4.78, 5) is 14.9. The Morgan fingerprint density at radius 2 is 2.17 bits per heavy atom. The van der Waals surface area contributed by atoms with Crippen LogP contribution in [0.5, 0.6) is 0 Å². The lowest BCUT2D eigenvalue weighted by Crippen LogP contribution is -2.32. The highest BCUT2D eigenvalue weighted by atomic mass is 16.6. The molecule has 0 saturated carbocycles. The molecule has 0 amide bonds. The van der Waals surface area contributed by atoms with E-state index >= 15 is 0 Å². The first-order chi connectivity index (χ1) is 8.70. The van der Waals surface area contributed by atoms with Gasteiger partial charge in [-0.15, -0.1) is 0 Å². The number of aliphatic hydroxyl groups excluding tert-OH is 3. The van der Waals surface area contributed by atoms with Crippen molar-refractivity contribution in [1.29, 1.82) is 0 Å². The lowest BCUT2D eigenvalue weighted by Gasteiger charge is -2.11. The molecule has 2 aromatic heterocycles. The van der Waals surface area contributed by atoms with E-state index in [0.29, 0.717) is 17.0 Å². The zero-order chi connectivity index (χ0) is 12.7. The van der Waals surface area contributed by atoms with Gasteiger partial charge in [-0.3, -0.25) is 0 Å². The lowest BCUT2D eigenvalue weighted by molar-refractivity contribution is -0.0249. The fourth-order valence-corrected chi connectivity index (χ4v) is 2.04. The number of fused-ring (bicyclic) bond motifs is 1. The summed E-state index contributed by atoms with van der Waals surface area (Å²) < 4.78 is 5.36. The molecule has 4 N–H and O–H groups in total. The molecule has 0 aromatic carbocycles. The number of aromatic nitrogens is 4. The van der Waals surface area contributed by atoms with Crippen LogP contribution in [-0.2, 0) is 4.74 Å². The number of aliphatic hydroxyl groups is 3. The predicted molar refractivity (Wildman–Crippen MR) is 58.4 cm³/mol. The van der Waals surface area contributed by atoms with Crippen molar-refractivity contribution in [2.45, 2.75) is 24.4 Å². The third-order valence-electron chi connectivity index (χ3n) is 2.99. The van der Waals surface area contributed by atoms with Gasteiger partial charge in [-0.05, 0) is 0 Å². The van der Waals surface area contributed by atoms with Crippen molar-refractivity contribution in [3.8, 4) is 0 Å². The summed E-state index contributed by atoms with van der Waals surface area (Å²) in [6.07, 6.45) is -0.990. The molecule has 1 saturated heterocycles. The van der Waals surface area contributed by atoms with E-state index in [1.54, 1.807) is 6.20 Å². The second kappa shape index (κ2) is 4.25. The van der Waals surface area contributed by atoms with Gasteiger partial charge in [0.25, 0.3) is 0 Å². The maximum atomic E-state index is 9.86. The molecular formula is C10H12N4O4. The first-order valence-electron chi connectivity index (χ1n) is 5.49. The molecule has 4 atom stereocenters. The second-order valence-electron chi connectivity index (χ2n) is 4.14. The summed E-state index contributed by atoms with van der Waals surface area (Å²) in [5.41, 5.74) is 1.07. The van der Waals surface area contributed by atoms with Gasteiger partial charge in [-0.1, -0.05) is 0 Å². The molecule has 4 unspecified atom stereocenters. The lowest BCUT2D eigenvalue weighted by atomic mass is 10.1. The number of imidazole rings is 1. The molecule has 1 aliphatic heterocycles. The number of hydrogen-bond donors (Lipinski definition) is 4. The second-order valence-corrected chi connectivity index (χ2v) is 4.14. The summed E-state index contributed by atoms with van der Waals surface area (Å²) in [5, 5.41) is 28.5. The maximum absolute atomic E-state index is 9.86. The Morgan fingerprint density at radius 1 is 1.33 bits per heavy atom. The van der Waals surface area contributed by atoms with E-state index < -0.39 is 24.4 Å². The van der Waals surface area contributed by atoms with Crippen LogP contribution in [0.4, 0.5) is 0 Å². The summed E-state index contributed by atoms with van der Waals surface area (Å²) in [7, 11) is 0. The molecule has 1 aliphatic rings. The minimum Gasteiger partial charge on any atom is -0.394 e. The Kier molecular flexibility index (Phi) is 2.71. The van der Waals surface area contributed by atoms with E-state index in [2.05, 4.69) is 19.9 Å². The highest BCUT2D eigenvalue weighted by Gasteiger charge is 2.44. The standard InChI is InChI=1S/C10H12N4O4/c15-2-5-6(16)7(17)8(18-5)10-13-4-1-11-3-12-9(4)14-10/h1,3,5-8,15-17H,2H2,(H,11,12,13,14). The largest absolute Gasteiger partial charge is 0.394 e. The molecule has 8 nitrogen and oxygen atoms in total. The molecular weight excluding hydrogens is 240 g/mol. The quantitative estimate of drug-likeness (QED) is 0.513. The summed E-state index contributed by atoms with van der Waals surface area (Å²) in [6, 6.07) is 0. The minimum absolute atomic E-state index is 0.355. The van der Waals surface area contributed by atoms with Crippen LogP contribution in [0.2, 0.25) is 0 Å². The van der Waals surface area contributed by atoms with Crippen molar-refractivity contribution in [3.63, 3.8) is 0 Å². The van der Waals surface area contributed by atoms with E-state index in [0.717, 1.165) is 0 Å². The van der Waals surface area contributed by atoms with Crippen LogP contribution < -0.4 is 0 Å². The van der Waals surface area contributed by atoms with Gasteiger partial charge in [-0.25, -0.2) is 15.0 Å². The summed E-state index contributed by atoms with van der Waals surface area (Å²) in [6.45, 7) is -0.366. The van der Waals surface area contributed by atoms with Gasteiger partial charge in [0.15, 0.2) is 5.65 Å². The number of rotatable bonds is 2. The van der Waals surface area contributed by atoms with E-state index in [1.807, 2.05) is 0 Å². The maximum Gasteiger partial charge on any atom is 0.180 e. The van der Waals surface area contributed by atoms with Crippen LogP contribution in [0, 0.1) is 0 Å². The number of nitrogens with one attached hydrogen (secondary N) is 1. The first-order valence-corrected chi connectivity index (χ1v) is 5.49. The first kappa shape index (κ1) is 11.5. The third-order valence-corrected chi connectivity index (χ3v) is 2.99. The molecule has 0 bridgehead atoms. The van der Waals surface area contributed by atoms with Crippen LogP contribution >= 0.6 is 0 Å². The highest BCUT2D eigenvalue weighted by Crippen LogP contribution is 2.32. The number of nitrogens with zero attached hydrogens (tertiary/aromatic N) is 3. The summed E-state index contributed by atoms with van der Waals surface area (Å²) in [5.74, 6) is 0.355. The smallest absolute Gasteiger partial charge is 0.180 e. The van der Waals surface area contributed by atoms with Gasteiger partial charge in [0.2, 0.25) is 0 Å². The van der Waals surface area contributed by atoms with Crippen molar-refractivity contribution in [1.82, 2.24) is 19.9 Å². The van der Waals surface area contributed by atoms with Gasteiger partial charge in [0.05, 0.1) is 12.8 Å². The molecule has 3 rings (SSSR count). The van der Waals surface area contributed by atoms with E-state index in [1.165, 1.54) is 6.33 Å². The van der Waals surface area contributed by atoms with E-state index in [-0.39, 0.29) is 6.61 Å². The number of H-pyrrole nitrogens is 1. The van der Waals surface area contributed by atoms with Crippen LogP contribution in [0.3, 0.4) is 0 Å². The predicted octanol–water partition coefficient (Wildman–Crippen LogP) is -1.49. The number of aromatic amines is 1. The van der Waals surface area contributed by atoms with Crippen molar-refractivity contribution in [2.24, 2.45) is 0 Å². The Balaban J connectivity index is 1.95. The fraction of sp³-hybridized carbons (Fsp3) is 0.500. The molecule has 18 heavy (non-hydrogen) atoms. The van der Waals surface area contributed by atoms with Crippen LogP contribution in [-0.4, -0.2) is 60.2 Å². The van der Waals surface area contributed by atoms with E-state index in [4.69, 9.17) is 9.84 Å². The van der Waals surface area contributed by atoms with Crippen molar-refractivity contribution < 1.29 is 20.1 Å². The Hall–Kier alpha value is -1.61. The average Bonchev–Trinajstić information content (AvgIpc) is 2.92. The molecule has 96 valence electrons. The van der Waals surface area contributed by atoms with Crippen LogP contribution in [0.15, 0.2) is 12.5 Å². The molecule has 8 heteroatoms. The zero-order valence-electron chi connectivity index (χ0n) is 9.26. The molecule has 0 radical (unpaired) electrons. The van der Waals surface area contributed by atoms with Gasteiger partial charge >= 0.3 is 0 Å². The monoisotopic (exact) mass is 252 g/mol. The van der Waals surface area contributed by atoms with Crippen LogP contribution in [0.1, 0.15) is 11.9 Å². The molecule has 0 aliphatic carbocycles. The van der Waals surface area contributed by atoms with E-state index in [9.17, 15) is 10.2 Å². The zero-order valence-corrected chi connectivity index (χ0v) is 9.26. The Bertz CT molecular complexity index is 527. The van der Waals surface area contributed by atoms with Gasteiger partial charge in [-0.2, -0.15) is 0 Å². The number of hydrogen-bond acceptors (Lipinski definition) is 7. The highest BCUT2D eigenvalue weighted by molar-refractivity contribution is 5.68. The van der Waals surface area contributed by atoms with Crippen molar-refractivity contribution in [2.75, 3.05) is 6.61 Å². The number of ether oxygens (including phenoxy) is 1. The molecule has 3 heterocycles. The Morgan fingerprint density at radius 3 is 2.83 bits per heavy atom. The fourth-order valence-electron chi connectivity index (χ4n) is 2.04. The van der Waals surface area contributed by atoms with Gasteiger partial charge in [0.1, 0.15) is 42.1 Å². The van der Waals surface area contributed by atoms with Crippen LogP contribution in [0.25, 0.3) is 11.2 Å². The summed E-state index contributed by atoms with van der Waals surface area (Å²) >= 11 is 0.